The van der Waals surface area contributed by atoms with Gasteiger partial charge in [0.15, 0.2) is 0 Å². The molecule has 0 spiro atoms. The van der Waals surface area contributed by atoms with Crippen LogP contribution in [0.2, 0.25) is 0 Å². The number of hydrogen-bond acceptors (Lipinski definition) is 12. The molecule has 370 valence electrons. The molecular weight excluding hydrogens is 901 g/mol. The molecule has 5 aromatic carbocycles. The Hall–Kier alpha value is -4.35. The van der Waals surface area contributed by atoms with Gasteiger partial charge < -0.3 is 27.9 Å². The number of ether oxygens (including phenoxy) is 3. The van der Waals surface area contributed by atoms with Crippen molar-refractivity contribution < 1.29 is 53.1 Å². The van der Waals surface area contributed by atoms with E-state index in [4.69, 9.17) is 14.2 Å². The van der Waals surface area contributed by atoms with Crippen molar-refractivity contribution in [3.8, 4) is 11.5 Å². The van der Waals surface area contributed by atoms with Crippen LogP contribution in [0.1, 0.15) is 141 Å². The highest BCUT2D eigenvalue weighted by Gasteiger charge is 2.08. The van der Waals surface area contributed by atoms with E-state index in [-0.39, 0.29) is 59.0 Å². The van der Waals surface area contributed by atoms with Gasteiger partial charge in [-0.25, -0.2) is 25.3 Å². The summed E-state index contributed by atoms with van der Waals surface area (Å²) in [6.07, 6.45) is 3.68. The summed E-state index contributed by atoms with van der Waals surface area (Å²) >= 11 is 0. The molecule has 0 aliphatic carbocycles. The second-order valence-electron chi connectivity index (χ2n) is 15.5. The zero-order valence-corrected chi connectivity index (χ0v) is 39.5. The first-order valence-electron chi connectivity index (χ1n) is 21.2. The minimum absolute atomic E-state index is 0. The SMILES string of the molecule is C.C.C.CCC(C)c1ccc2cc(OCCCS(=O)(=O)[O-])ccc2c1.CCC(C)c1cccc(COCc2ccc(S(=O)(=O)[O-])cc2)c1.CCC(C)c1cccc(OCCCS(=O)(=O)[O-])c1. The van der Waals surface area contributed by atoms with Crippen LogP contribution in [-0.2, 0) is 48.3 Å². The van der Waals surface area contributed by atoms with Crippen molar-refractivity contribution in [1.29, 1.82) is 0 Å². The van der Waals surface area contributed by atoms with Crippen molar-refractivity contribution >= 4 is 41.1 Å². The Bertz CT molecular complexity index is 2490. The molecule has 0 amide bonds. The highest BCUT2D eigenvalue weighted by atomic mass is 32.2. The number of fused-ring (bicyclic) bond motifs is 1. The molecule has 3 unspecified atom stereocenters. The Kier molecular flexibility index (Phi) is 28.1. The van der Waals surface area contributed by atoms with E-state index in [1.807, 2.05) is 54.6 Å². The first-order valence-corrected chi connectivity index (χ1v) is 25.7. The molecule has 0 bridgehead atoms. The third-order valence-corrected chi connectivity index (χ3v) is 13.0. The monoisotopic (exact) mass is 973 g/mol. The van der Waals surface area contributed by atoms with Gasteiger partial charge in [0.25, 0.3) is 0 Å². The second kappa shape index (κ2) is 30.1. The molecule has 5 rings (SSSR count). The molecule has 12 nitrogen and oxygen atoms in total. The van der Waals surface area contributed by atoms with Gasteiger partial charge in [-0.05, 0) is 125 Å². The maximum atomic E-state index is 10.9. The van der Waals surface area contributed by atoms with E-state index < -0.39 is 36.1 Å². The van der Waals surface area contributed by atoms with Gasteiger partial charge in [0.2, 0.25) is 0 Å². The average molecular weight is 974 g/mol. The van der Waals surface area contributed by atoms with Gasteiger partial charge in [0, 0.05) is 11.5 Å². The smallest absolute Gasteiger partial charge is 0.124 e. The van der Waals surface area contributed by atoms with E-state index in [9.17, 15) is 38.9 Å². The van der Waals surface area contributed by atoms with Crippen LogP contribution in [0.15, 0.2) is 114 Å². The molecule has 5 aromatic rings. The molecule has 0 heterocycles. The number of benzene rings is 5. The summed E-state index contributed by atoms with van der Waals surface area (Å²) in [5.74, 6) is 2.17. The van der Waals surface area contributed by atoms with Crippen LogP contribution in [0.4, 0.5) is 0 Å². The highest BCUT2D eigenvalue weighted by Crippen LogP contribution is 2.27. The Morgan fingerprint density at radius 1 is 0.485 bits per heavy atom. The van der Waals surface area contributed by atoms with Crippen LogP contribution in [0.5, 0.6) is 11.5 Å². The lowest BCUT2D eigenvalue weighted by atomic mass is 9.96. The van der Waals surface area contributed by atoms with Crippen molar-refractivity contribution in [3.05, 3.63) is 137 Å². The molecule has 0 aromatic heterocycles. The maximum absolute atomic E-state index is 10.9. The van der Waals surface area contributed by atoms with Gasteiger partial charge in [0.1, 0.15) is 21.6 Å². The Morgan fingerprint density at radius 3 is 1.42 bits per heavy atom. The normalized spacial score (nSPS) is 12.6. The fraction of sp³-hybridized carbons (Fsp3) is 0.451. The molecule has 0 N–H and O–H groups in total. The predicted octanol–water partition coefficient (Wildman–Crippen LogP) is 11.9. The predicted molar refractivity (Wildman–Crippen MR) is 265 cm³/mol. The van der Waals surface area contributed by atoms with Gasteiger partial charge in [-0.3, -0.25) is 0 Å². The fourth-order valence-corrected chi connectivity index (χ4v) is 7.55. The van der Waals surface area contributed by atoms with E-state index in [1.165, 1.54) is 28.8 Å². The van der Waals surface area contributed by atoms with Crippen LogP contribution in [0.25, 0.3) is 10.8 Å². The summed E-state index contributed by atoms with van der Waals surface area (Å²) in [6.45, 7) is 14.3. The standard InChI is InChI=1S/C18H22O4S.C17H22O4S.C13H20O4S.3CH4/c1-3-14(2)17-6-4-5-16(11-17)13-22-12-15-7-9-18(10-8-15)23(19,20)21;1-3-13(2)14-5-6-16-12-17(8-7-15(16)11-14)21-9-4-10-22(18,19)20;1-3-11(2)12-6-4-7-13(10-12)17-8-5-9-18(14,15)16;;;/h4-11,14H,3,12-13H2,1-2H3,(H,19,20,21);5-8,11-13H,3-4,9-10H2,1-2H3,(H,18,19,20);4,6-7,10-11H,3,5,8-9H2,1-2H3,(H,14,15,16);3*1H4/p-3. The zero-order valence-electron chi connectivity index (χ0n) is 37.0. The molecule has 0 aliphatic heterocycles. The Morgan fingerprint density at radius 2 is 0.924 bits per heavy atom. The van der Waals surface area contributed by atoms with Crippen LogP contribution >= 0.6 is 0 Å². The van der Waals surface area contributed by atoms with Crippen molar-refractivity contribution in [2.45, 2.75) is 132 Å². The van der Waals surface area contributed by atoms with Gasteiger partial charge in [-0.15, -0.1) is 0 Å². The lowest BCUT2D eigenvalue weighted by Crippen LogP contribution is -2.09. The Labute approximate surface area is 397 Å². The van der Waals surface area contributed by atoms with Gasteiger partial charge in [-0.2, -0.15) is 0 Å². The molecule has 0 saturated carbocycles. The van der Waals surface area contributed by atoms with Crippen molar-refractivity contribution in [2.75, 3.05) is 24.7 Å². The number of hydrogen-bond donors (Lipinski definition) is 0. The summed E-state index contributed by atoms with van der Waals surface area (Å²) in [4.78, 5) is -0.220. The maximum Gasteiger partial charge on any atom is 0.124 e. The topological polar surface area (TPSA) is 199 Å². The quantitative estimate of drug-likeness (QED) is 0.0498. The van der Waals surface area contributed by atoms with E-state index in [0.717, 1.165) is 46.9 Å². The van der Waals surface area contributed by atoms with E-state index >= 15 is 0 Å². The molecule has 0 aliphatic rings. The van der Waals surface area contributed by atoms with Crippen LogP contribution in [0.3, 0.4) is 0 Å². The first-order chi connectivity index (χ1) is 29.7. The second-order valence-corrected chi connectivity index (χ2v) is 20.0. The summed E-state index contributed by atoms with van der Waals surface area (Å²) in [6, 6.07) is 34.1. The van der Waals surface area contributed by atoms with Crippen molar-refractivity contribution in [2.24, 2.45) is 0 Å². The Balaban J connectivity index is 0.000000946. The highest BCUT2D eigenvalue weighted by molar-refractivity contribution is 7.86. The van der Waals surface area contributed by atoms with Crippen LogP contribution in [-0.4, -0.2) is 63.6 Å². The molecular formula is C51H73O12S3-3. The van der Waals surface area contributed by atoms with Gasteiger partial charge >= 0.3 is 0 Å². The summed E-state index contributed by atoms with van der Waals surface area (Å²) in [7, 11) is -12.7. The number of rotatable bonds is 21. The summed E-state index contributed by atoms with van der Waals surface area (Å²) in [5, 5.41) is 2.24. The summed E-state index contributed by atoms with van der Waals surface area (Å²) < 4.78 is 112. The molecule has 66 heavy (non-hydrogen) atoms. The van der Waals surface area contributed by atoms with E-state index in [2.05, 4.69) is 71.9 Å². The minimum atomic E-state index is -4.39. The largest absolute Gasteiger partial charge is 0.748 e. The third-order valence-electron chi connectivity index (χ3n) is 10.6. The molecule has 0 saturated heterocycles. The molecule has 0 fully saturated rings. The molecule has 15 heteroatoms. The van der Waals surface area contributed by atoms with Gasteiger partial charge in [-0.1, -0.05) is 137 Å². The third kappa shape index (κ3) is 23.4. The van der Waals surface area contributed by atoms with E-state index in [0.29, 0.717) is 36.7 Å². The molecule has 0 radical (unpaired) electrons. The first kappa shape index (κ1) is 61.7. The van der Waals surface area contributed by atoms with Crippen LogP contribution in [0, 0.1) is 0 Å². The lowest BCUT2D eigenvalue weighted by Gasteiger charge is -2.12. The lowest BCUT2D eigenvalue weighted by molar-refractivity contribution is 0.107. The minimum Gasteiger partial charge on any atom is -0.748 e. The van der Waals surface area contributed by atoms with Crippen LogP contribution < -0.4 is 9.47 Å². The summed E-state index contributed by atoms with van der Waals surface area (Å²) in [5.41, 5.74) is 5.77. The van der Waals surface area contributed by atoms with Crippen molar-refractivity contribution in [1.82, 2.24) is 0 Å². The fourth-order valence-electron chi connectivity index (χ4n) is 6.14. The van der Waals surface area contributed by atoms with Crippen molar-refractivity contribution in [3.63, 3.8) is 0 Å². The average Bonchev–Trinajstić information content (AvgIpc) is 3.25. The zero-order chi connectivity index (χ0) is 46.6. The molecule has 3 atom stereocenters. The van der Waals surface area contributed by atoms with Gasteiger partial charge in [0.05, 0.1) is 51.6 Å². The van der Waals surface area contributed by atoms with E-state index in [1.54, 1.807) is 12.1 Å².